The maximum absolute atomic E-state index is 13.2. The molecular formula is C79H136N6O16. The molecule has 578 valence electrons. The second-order valence-electron chi connectivity index (χ2n) is 33.0. The van der Waals surface area contributed by atoms with Gasteiger partial charge in [-0.2, -0.15) is 0 Å². The predicted octanol–water partition coefficient (Wildman–Crippen LogP) is 10.8. The van der Waals surface area contributed by atoms with Crippen molar-refractivity contribution in [2.24, 2.45) is 127 Å². The molecule has 0 bridgehead atoms. The van der Waals surface area contributed by atoms with Crippen LogP contribution in [0.4, 0.5) is 0 Å². The Hall–Kier alpha value is -4.48. The molecule has 0 aromatic carbocycles. The second-order valence-corrected chi connectivity index (χ2v) is 33.0. The van der Waals surface area contributed by atoms with Crippen LogP contribution in [0.15, 0.2) is 0 Å². The lowest BCUT2D eigenvalue weighted by atomic mass is 9.43. The van der Waals surface area contributed by atoms with E-state index in [0.29, 0.717) is 77.4 Å². The molecule has 8 aliphatic rings. The number of carbonyl (C=O) groups excluding carboxylic acids is 8. The van der Waals surface area contributed by atoms with E-state index in [1.807, 2.05) is 0 Å². The summed E-state index contributed by atoms with van der Waals surface area (Å²) in [6, 6.07) is 0. The van der Waals surface area contributed by atoms with Gasteiger partial charge in [-0.05, 0) is 186 Å². The van der Waals surface area contributed by atoms with Crippen LogP contribution in [0.2, 0.25) is 0 Å². The number of ether oxygens (including phenoxy) is 8. The average Bonchev–Trinajstić information content (AvgIpc) is 1.68. The molecule has 22 heteroatoms. The van der Waals surface area contributed by atoms with Crippen molar-refractivity contribution in [1.82, 2.24) is 0 Å². The van der Waals surface area contributed by atoms with Crippen LogP contribution >= 0.6 is 0 Å². The van der Waals surface area contributed by atoms with E-state index in [0.717, 1.165) is 89.9 Å². The monoisotopic (exact) mass is 1430 g/mol. The molecule has 8 aliphatic carbocycles. The van der Waals surface area contributed by atoms with Crippen LogP contribution < -0.4 is 34.4 Å². The van der Waals surface area contributed by atoms with Gasteiger partial charge in [-0.25, -0.2) is 0 Å². The highest BCUT2D eigenvalue weighted by Crippen LogP contribution is 2.72. The minimum absolute atomic E-state index is 0.0913. The molecule has 0 aromatic rings. The number of fused-ring (bicyclic) bond motifs is 10. The number of hydrogen-bond donors (Lipinski definition) is 6. The van der Waals surface area contributed by atoms with Crippen molar-refractivity contribution in [1.29, 1.82) is 0 Å². The van der Waals surface area contributed by atoms with E-state index in [1.54, 1.807) is 0 Å². The van der Waals surface area contributed by atoms with E-state index in [4.69, 9.17) is 72.3 Å². The number of esters is 8. The highest BCUT2D eigenvalue weighted by atomic mass is 16.6. The topological polar surface area (TPSA) is 367 Å². The molecule has 0 heterocycles. The first kappa shape index (κ1) is 83.8. The van der Waals surface area contributed by atoms with E-state index in [9.17, 15) is 38.4 Å². The van der Waals surface area contributed by atoms with Crippen LogP contribution in [0.5, 0.6) is 0 Å². The number of hydrogen-bond acceptors (Lipinski definition) is 22. The van der Waals surface area contributed by atoms with Gasteiger partial charge in [0.1, 0.15) is 36.6 Å². The zero-order chi connectivity index (χ0) is 73.7. The fourth-order valence-corrected chi connectivity index (χ4v) is 21.9. The lowest BCUT2D eigenvalue weighted by Crippen LogP contribution is -2.63. The fraction of sp³-hybridized carbons (Fsp3) is 0.899. The SMILES string of the molecule is CCCCCCCOC(=O)CC[C@@H](C)[C@H]1CC[C@H]2[C@@H]3[C@H](OC(=O)CCN)C[C@@H]4C[C@H](OC(=O)CCN)CC[C@]4(C)[C@H]3C[C@H](OC(=O)CCN)[C@]12C.CCCCCCOC(=O)CC[C@@H](C)[C@H]1CC[C@H]2[C@@H]3[C@H](OC(=O)CCN)C[C@@H]4C[C@H](OC(=O)CCN)CC[C@]4(C)[C@H]3C[C@H](OC(=O)CCN)[C@]12C. The molecule has 0 saturated heterocycles. The molecule has 22 atom stereocenters. The molecule has 0 aliphatic heterocycles. The molecule has 0 radical (unpaired) electrons. The predicted molar refractivity (Wildman–Crippen MR) is 385 cm³/mol. The Balaban J connectivity index is 0.000000283. The Morgan fingerprint density at radius 1 is 0.366 bits per heavy atom. The molecule has 0 spiro atoms. The quantitative estimate of drug-likeness (QED) is 0.0191. The Kier molecular flexibility index (Phi) is 33.0. The normalized spacial score (nSPS) is 35.0. The molecular weight excluding hydrogens is 1290 g/mol. The van der Waals surface area contributed by atoms with Gasteiger partial charge in [0, 0.05) is 74.8 Å². The lowest BCUT2D eigenvalue weighted by Gasteiger charge is -2.64. The fourth-order valence-electron chi connectivity index (χ4n) is 21.9. The van der Waals surface area contributed by atoms with Crippen LogP contribution in [0.3, 0.4) is 0 Å². The summed E-state index contributed by atoms with van der Waals surface area (Å²) < 4.78 is 48.6. The van der Waals surface area contributed by atoms with Crippen molar-refractivity contribution in [3.05, 3.63) is 0 Å². The summed E-state index contributed by atoms with van der Waals surface area (Å²) in [6.07, 6.45) is 22.5. The first-order valence-corrected chi connectivity index (χ1v) is 40.0. The third kappa shape index (κ3) is 20.8. The van der Waals surface area contributed by atoms with Gasteiger partial charge < -0.3 is 72.3 Å². The number of nitrogens with two attached hydrogens (primary N) is 6. The summed E-state index contributed by atoms with van der Waals surface area (Å²) in [5.41, 5.74) is 33.4. The van der Waals surface area contributed by atoms with Gasteiger partial charge in [-0.3, -0.25) is 38.4 Å². The van der Waals surface area contributed by atoms with Crippen LogP contribution in [0.25, 0.3) is 0 Å². The van der Waals surface area contributed by atoms with Gasteiger partial charge in [0.25, 0.3) is 0 Å². The summed E-state index contributed by atoms with van der Waals surface area (Å²) in [4.78, 5) is 103. The first-order valence-electron chi connectivity index (χ1n) is 40.0. The number of carbonyl (C=O) groups is 8. The molecule has 101 heavy (non-hydrogen) atoms. The van der Waals surface area contributed by atoms with Gasteiger partial charge in [-0.1, -0.05) is 100 Å². The molecule has 12 N–H and O–H groups in total. The largest absolute Gasteiger partial charge is 0.466 e. The van der Waals surface area contributed by atoms with Crippen molar-refractivity contribution in [3.8, 4) is 0 Å². The summed E-state index contributed by atoms with van der Waals surface area (Å²) >= 11 is 0. The molecule has 0 aromatic heterocycles. The molecule has 8 fully saturated rings. The first-order chi connectivity index (χ1) is 48.3. The average molecular weight is 1430 g/mol. The van der Waals surface area contributed by atoms with Crippen LogP contribution in [-0.2, 0) is 76.3 Å². The van der Waals surface area contributed by atoms with Crippen molar-refractivity contribution in [3.63, 3.8) is 0 Å². The summed E-state index contributed by atoms with van der Waals surface area (Å²) in [6.45, 7) is 20.4. The maximum atomic E-state index is 13.2. The molecule has 8 saturated carbocycles. The van der Waals surface area contributed by atoms with E-state index in [-0.39, 0.29) is 255 Å². The minimum atomic E-state index is -0.370. The van der Waals surface area contributed by atoms with Gasteiger partial charge in [0.2, 0.25) is 0 Å². The third-order valence-electron chi connectivity index (χ3n) is 27.1. The van der Waals surface area contributed by atoms with E-state index in [2.05, 4.69) is 55.4 Å². The third-order valence-corrected chi connectivity index (χ3v) is 27.1. The van der Waals surface area contributed by atoms with Gasteiger partial charge in [0.05, 0.1) is 51.7 Å². The Morgan fingerprint density at radius 2 is 0.693 bits per heavy atom. The summed E-state index contributed by atoms with van der Waals surface area (Å²) in [5.74, 6) is -0.0147. The van der Waals surface area contributed by atoms with Crippen LogP contribution in [-0.4, -0.2) is 137 Å². The maximum Gasteiger partial charge on any atom is 0.307 e. The lowest BCUT2D eigenvalue weighted by molar-refractivity contribution is -0.226. The van der Waals surface area contributed by atoms with Gasteiger partial charge >= 0.3 is 47.8 Å². The second kappa shape index (κ2) is 39.8. The Labute approximate surface area is 604 Å². The Bertz CT molecular complexity index is 2670. The van der Waals surface area contributed by atoms with Gasteiger partial charge in [0.15, 0.2) is 0 Å². The highest BCUT2D eigenvalue weighted by molar-refractivity contribution is 5.72. The highest BCUT2D eigenvalue weighted by Gasteiger charge is 2.70. The summed E-state index contributed by atoms with van der Waals surface area (Å²) in [5, 5.41) is 0. The van der Waals surface area contributed by atoms with E-state index < -0.39 is 0 Å². The van der Waals surface area contributed by atoms with Crippen molar-refractivity contribution >= 4 is 47.8 Å². The molecule has 8 rings (SSSR count). The number of unbranched alkanes of at least 4 members (excludes halogenated alkanes) is 7. The Morgan fingerprint density at radius 3 is 1.04 bits per heavy atom. The van der Waals surface area contributed by atoms with Crippen molar-refractivity contribution in [2.75, 3.05) is 52.5 Å². The zero-order valence-corrected chi connectivity index (χ0v) is 63.4. The van der Waals surface area contributed by atoms with Crippen molar-refractivity contribution < 1.29 is 76.3 Å². The van der Waals surface area contributed by atoms with E-state index in [1.165, 1.54) is 19.3 Å². The minimum Gasteiger partial charge on any atom is -0.466 e. The summed E-state index contributed by atoms with van der Waals surface area (Å²) in [7, 11) is 0. The number of rotatable bonds is 37. The van der Waals surface area contributed by atoms with Crippen molar-refractivity contribution in [2.45, 2.75) is 304 Å². The smallest absolute Gasteiger partial charge is 0.307 e. The molecule has 0 unspecified atom stereocenters. The van der Waals surface area contributed by atoms with E-state index >= 15 is 0 Å². The van der Waals surface area contributed by atoms with Crippen LogP contribution in [0, 0.1) is 92.7 Å². The molecule has 22 nitrogen and oxygen atoms in total. The van der Waals surface area contributed by atoms with Gasteiger partial charge in [-0.15, -0.1) is 0 Å². The van der Waals surface area contributed by atoms with Crippen LogP contribution in [0.1, 0.15) is 267 Å². The molecule has 0 amide bonds. The zero-order valence-electron chi connectivity index (χ0n) is 63.4. The standard InChI is InChI=1S/C40H69N3O8.C39H67N3O8/c1-5-6-7-8-9-22-48-34(44)13-10-26(2)29-11-12-30-38-31(25-33(40(29,30)4)51-37(47)17-21-43)39(3)18-14-28(49-35(45)15-19-41)23-27(39)24-32(38)50-36(46)16-20-42;1-5-6-7-8-21-47-33(43)12-9-25(2)28-10-11-29-37-30(24-32(39(28,29)4)50-36(46)16-20-42)38(3)17-13-27(48-34(44)14-18-40)22-26(38)23-31(37)49-35(45)15-19-41/h26-33,38H,5-25,41-43H2,1-4H3;25-32,37H,5-24,40-42H2,1-4H3/t26-,27+,28-,29-,30+,31+,32-,33+,38+,39+,40-;25-,26+,27-,28-,29+,30+,31-,32+,37+,38+,39-/m11/s1.